The van der Waals surface area contributed by atoms with E-state index < -0.39 is 37.4 Å². The van der Waals surface area contributed by atoms with Crippen LogP contribution in [0.1, 0.15) is 6.42 Å². The lowest BCUT2D eigenvalue weighted by molar-refractivity contribution is -0.0153. The number of nitrogens with two attached hydrogens (primary N) is 1. The zero-order valence-electron chi connectivity index (χ0n) is 12.4. The van der Waals surface area contributed by atoms with Crippen LogP contribution in [0.4, 0.5) is 21.8 Å². The quantitative estimate of drug-likeness (QED) is 0.409. The number of H-pyrrole nitrogens is 1. The molecule has 1 saturated heterocycles. The van der Waals surface area contributed by atoms with Crippen molar-refractivity contribution in [2.75, 3.05) is 29.8 Å². The number of hydrogen-bond donors (Lipinski definition) is 5. The number of nitrogens with one attached hydrogen (secondary N) is 2. The third-order valence-corrected chi connectivity index (χ3v) is 4.38. The third kappa shape index (κ3) is 3.37. The number of alkyl halides is 1. The number of hydrazine groups is 2. The smallest absolute Gasteiger partial charge is 0.321 e. The molecule has 134 valence electrons. The molecule has 3 rings (SSSR count). The van der Waals surface area contributed by atoms with E-state index in [1.807, 2.05) is 0 Å². The van der Waals surface area contributed by atoms with Crippen LogP contribution in [-0.2, 0) is 21.1 Å². The molecule has 2 aliphatic heterocycles. The number of nitrogen functional groups attached to an aromatic ring is 1. The summed E-state index contributed by atoms with van der Waals surface area (Å²) in [5.41, 5.74) is 8.02. The fraction of sp³-hybridized carbons (Fsp3) is 0.600. The van der Waals surface area contributed by atoms with E-state index in [1.165, 1.54) is 10.1 Å². The highest BCUT2D eigenvalue weighted by atomic mass is 32.5. The molecule has 2 aliphatic rings. The van der Waals surface area contributed by atoms with Crippen LogP contribution in [0, 0.1) is 0 Å². The number of rotatable bonds is 4. The first-order chi connectivity index (χ1) is 11.2. The Hall–Kier alpha value is -1.34. The van der Waals surface area contributed by atoms with E-state index in [0.29, 0.717) is 0 Å². The second kappa shape index (κ2) is 6.19. The van der Waals surface area contributed by atoms with Gasteiger partial charge in [-0.05, 0) is 11.8 Å². The van der Waals surface area contributed by atoms with Gasteiger partial charge in [-0.3, -0.25) is 15.2 Å². The van der Waals surface area contributed by atoms with Crippen molar-refractivity contribution in [1.29, 1.82) is 0 Å². The minimum atomic E-state index is -3.89. The molecule has 3 heterocycles. The summed E-state index contributed by atoms with van der Waals surface area (Å²) in [6.07, 6.45) is -3.30. The molecule has 0 saturated carbocycles. The van der Waals surface area contributed by atoms with Crippen molar-refractivity contribution in [3.63, 3.8) is 0 Å². The van der Waals surface area contributed by atoms with E-state index in [-0.39, 0.29) is 23.9 Å². The van der Waals surface area contributed by atoms with Crippen LogP contribution >= 0.6 is 6.72 Å². The largest absolute Gasteiger partial charge is 0.369 e. The molecular weight excluding hydrogens is 366 g/mol. The highest BCUT2D eigenvalue weighted by Crippen LogP contribution is 2.39. The molecule has 14 heteroatoms. The fourth-order valence-electron chi connectivity index (χ4n) is 2.59. The van der Waals surface area contributed by atoms with Crippen molar-refractivity contribution in [1.82, 2.24) is 15.1 Å². The number of aromatic amines is 1. The average molecular weight is 382 g/mol. The molecule has 1 fully saturated rings. The Morgan fingerprint density at radius 3 is 3.00 bits per heavy atom. The van der Waals surface area contributed by atoms with Gasteiger partial charge in [-0.2, -0.15) is 4.98 Å². The Kier molecular flexibility index (Phi) is 4.51. The number of fused-ring (bicyclic) bond motifs is 1. The van der Waals surface area contributed by atoms with E-state index in [9.17, 15) is 9.18 Å². The molecule has 0 aromatic carbocycles. The SMILES string of the molecule is CN1Nc2c(nc(N)[nH]c2=O)N1[C@H]1C[C@@H](F)[C@@H](COP(O)(O)=S)O1. The van der Waals surface area contributed by atoms with E-state index in [1.54, 1.807) is 7.05 Å². The van der Waals surface area contributed by atoms with Crippen LogP contribution in [0.5, 0.6) is 0 Å². The van der Waals surface area contributed by atoms with Crippen LogP contribution in [-0.4, -0.2) is 57.0 Å². The third-order valence-electron chi connectivity index (χ3n) is 3.57. The van der Waals surface area contributed by atoms with Gasteiger partial charge in [0.25, 0.3) is 5.56 Å². The number of hydrogen-bond acceptors (Lipinski definition) is 9. The van der Waals surface area contributed by atoms with Gasteiger partial charge in [-0.15, -0.1) is 5.12 Å². The summed E-state index contributed by atoms with van der Waals surface area (Å²) >= 11 is 4.33. The zero-order valence-corrected chi connectivity index (χ0v) is 14.1. The number of halogens is 1. The maximum absolute atomic E-state index is 14.2. The highest BCUT2D eigenvalue weighted by molar-refractivity contribution is 8.06. The van der Waals surface area contributed by atoms with Crippen molar-refractivity contribution in [3.05, 3.63) is 10.4 Å². The molecular formula is C10H16FN6O5PS. The minimum Gasteiger partial charge on any atom is -0.369 e. The van der Waals surface area contributed by atoms with Gasteiger partial charge >= 0.3 is 6.72 Å². The minimum absolute atomic E-state index is 0.0480. The second-order valence-electron chi connectivity index (χ2n) is 5.30. The number of nitrogens with zero attached hydrogens (tertiary/aromatic N) is 3. The van der Waals surface area contributed by atoms with Crippen molar-refractivity contribution >= 4 is 36.0 Å². The van der Waals surface area contributed by atoms with Gasteiger partial charge in [0.15, 0.2) is 17.7 Å². The summed E-state index contributed by atoms with van der Waals surface area (Å²) < 4.78 is 24.4. The predicted molar refractivity (Wildman–Crippen MR) is 86.0 cm³/mol. The lowest BCUT2D eigenvalue weighted by Crippen LogP contribution is -2.46. The normalized spacial score (nSPS) is 27.3. The standard InChI is InChI=1S/C10H16FN6O5PS/c1-16-15-7-8(13-10(12)14-9(7)18)17(16)6-2-4(11)5(22-6)3-21-23(19,20)24/h4-6,15H,2-3H2,1H3,(H2,19,20,24)(H3,12,13,14,18)/t4-,5-,6-/m1/s1. The van der Waals surface area contributed by atoms with Crippen molar-refractivity contribution in [2.45, 2.75) is 24.9 Å². The van der Waals surface area contributed by atoms with E-state index >= 15 is 0 Å². The topological polar surface area (TPSA) is 149 Å². The molecule has 0 spiro atoms. The van der Waals surface area contributed by atoms with Crippen LogP contribution < -0.4 is 21.7 Å². The summed E-state index contributed by atoms with van der Waals surface area (Å²) in [4.78, 5) is 36.4. The fourth-order valence-corrected chi connectivity index (χ4v) is 3.11. The molecule has 24 heavy (non-hydrogen) atoms. The average Bonchev–Trinajstić information content (AvgIpc) is 2.96. The first-order valence-corrected chi connectivity index (χ1v) is 9.47. The summed E-state index contributed by atoms with van der Waals surface area (Å²) in [6, 6.07) is 0. The Balaban J connectivity index is 1.79. The molecule has 0 aliphatic carbocycles. The Bertz CT molecular complexity index is 745. The van der Waals surface area contributed by atoms with Gasteiger partial charge in [-0.1, -0.05) is 0 Å². The van der Waals surface area contributed by atoms with Gasteiger partial charge in [0.1, 0.15) is 12.3 Å². The van der Waals surface area contributed by atoms with Gasteiger partial charge in [-0.25, -0.2) is 9.40 Å². The highest BCUT2D eigenvalue weighted by Gasteiger charge is 2.44. The van der Waals surface area contributed by atoms with Gasteiger partial charge in [0.2, 0.25) is 5.95 Å². The van der Waals surface area contributed by atoms with Crippen molar-refractivity contribution in [3.8, 4) is 0 Å². The Morgan fingerprint density at radius 1 is 1.62 bits per heavy atom. The first-order valence-electron chi connectivity index (χ1n) is 6.84. The van der Waals surface area contributed by atoms with E-state index in [4.69, 9.17) is 20.3 Å². The van der Waals surface area contributed by atoms with Crippen LogP contribution in [0.25, 0.3) is 0 Å². The summed E-state index contributed by atoms with van der Waals surface area (Å²) in [6.45, 7) is -4.29. The number of aromatic nitrogens is 2. The van der Waals surface area contributed by atoms with Gasteiger partial charge < -0.3 is 24.8 Å². The number of ether oxygens (including phenoxy) is 1. The first kappa shape index (κ1) is 17.5. The van der Waals surface area contributed by atoms with Crippen LogP contribution in [0.3, 0.4) is 0 Å². The molecule has 1 aromatic heterocycles. The molecule has 1 aromatic rings. The lowest BCUT2D eigenvalue weighted by atomic mass is 10.2. The molecule has 3 atom stereocenters. The summed E-state index contributed by atoms with van der Waals surface area (Å²) in [5, 5.41) is 2.87. The van der Waals surface area contributed by atoms with Gasteiger partial charge in [0, 0.05) is 13.5 Å². The summed E-state index contributed by atoms with van der Waals surface area (Å²) in [7, 11) is 1.60. The molecule has 6 N–H and O–H groups in total. The molecule has 0 unspecified atom stereocenters. The zero-order chi connectivity index (χ0) is 17.6. The van der Waals surface area contributed by atoms with E-state index in [2.05, 4.69) is 31.7 Å². The van der Waals surface area contributed by atoms with Crippen molar-refractivity contribution in [2.24, 2.45) is 0 Å². The van der Waals surface area contributed by atoms with Crippen LogP contribution in [0.15, 0.2) is 4.79 Å². The maximum Gasteiger partial charge on any atom is 0.321 e. The van der Waals surface area contributed by atoms with Crippen molar-refractivity contribution < 1.29 is 23.4 Å². The lowest BCUT2D eigenvalue weighted by Gasteiger charge is -2.30. The predicted octanol–water partition coefficient (Wildman–Crippen LogP) is -0.975. The summed E-state index contributed by atoms with van der Waals surface area (Å²) in [5.74, 6) is 0.115. The number of anilines is 3. The maximum atomic E-state index is 14.2. The second-order valence-corrected chi connectivity index (χ2v) is 7.96. The molecule has 11 nitrogen and oxygen atoms in total. The molecule has 0 bridgehead atoms. The van der Waals surface area contributed by atoms with Gasteiger partial charge in [0.05, 0.1) is 6.61 Å². The van der Waals surface area contributed by atoms with Crippen LogP contribution in [0.2, 0.25) is 0 Å². The Labute approximate surface area is 140 Å². The molecule has 0 amide bonds. The monoisotopic (exact) mass is 382 g/mol. The Morgan fingerprint density at radius 2 is 2.33 bits per heavy atom. The molecule has 0 radical (unpaired) electrons. The van der Waals surface area contributed by atoms with E-state index in [0.717, 1.165) is 0 Å².